The van der Waals surface area contributed by atoms with E-state index in [1.165, 1.54) is 0 Å². The molecule has 5 heteroatoms. The lowest BCUT2D eigenvalue weighted by Gasteiger charge is -2.30. The van der Waals surface area contributed by atoms with Crippen molar-refractivity contribution in [2.45, 2.75) is 6.42 Å². The second kappa shape index (κ2) is 6.63. The predicted molar refractivity (Wildman–Crippen MR) is 75.3 cm³/mol. The SMILES string of the molecule is COc1cc(N2CCOCC2)c(OC)cc1CCN. The molecule has 106 valence electrons. The molecule has 0 radical (unpaired) electrons. The highest BCUT2D eigenvalue weighted by atomic mass is 16.5. The first kappa shape index (κ1) is 14.0. The Labute approximate surface area is 114 Å². The van der Waals surface area contributed by atoms with Crippen molar-refractivity contribution >= 4 is 5.69 Å². The van der Waals surface area contributed by atoms with Gasteiger partial charge in [-0.15, -0.1) is 0 Å². The normalized spacial score (nSPS) is 15.4. The van der Waals surface area contributed by atoms with Crippen LogP contribution in [0.1, 0.15) is 5.56 Å². The molecule has 0 atom stereocenters. The first-order valence-electron chi connectivity index (χ1n) is 6.57. The number of hydrogen-bond donors (Lipinski definition) is 1. The molecule has 0 unspecified atom stereocenters. The molecule has 0 aliphatic carbocycles. The molecule has 1 heterocycles. The maximum atomic E-state index is 5.63. The predicted octanol–water partition coefficient (Wildman–Crippen LogP) is 1.04. The van der Waals surface area contributed by atoms with E-state index in [0.717, 1.165) is 55.5 Å². The van der Waals surface area contributed by atoms with Gasteiger partial charge in [-0.2, -0.15) is 0 Å². The molecule has 1 aromatic carbocycles. The Morgan fingerprint density at radius 3 is 2.42 bits per heavy atom. The molecule has 2 N–H and O–H groups in total. The van der Waals surface area contributed by atoms with Crippen molar-refractivity contribution in [1.29, 1.82) is 0 Å². The number of hydrogen-bond acceptors (Lipinski definition) is 5. The van der Waals surface area contributed by atoms with Crippen molar-refractivity contribution in [1.82, 2.24) is 0 Å². The molecule has 0 spiro atoms. The van der Waals surface area contributed by atoms with Crippen molar-refractivity contribution in [3.63, 3.8) is 0 Å². The molecule has 1 aliphatic heterocycles. The van der Waals surface area contributed by atoms with Crippen molar-refractivity contribution < 1.29 is 14.2 Å². The second-order valence-electron chi connectivity index (χ2n) is 4.47. The first-order valence-corrected chi connectivity index (χ1v) is 6.57. The Morgan fingerprint density at radius 2 is 1.84 bits per heavy atom. The molecule has 0 saturated carbocycles. The van der Waals surface area contributed by atoms with Gasteiger partial charge in [0.1, 0.15) is 11.5 Å². The quantitative estimate of drug-likeness (QED) is 0.863. The molecule has 0 amide bonds. The fourth-order valence-electron chi connectivity index (χ4n) is 2.35. The van der Waals surface area contributed by atoms with E-state index < -0.39 is 0 Å². The van der Waals surface area contributed by atoms with Gasteiger partial charge in [0.25, 0.3) is 0 Å². The summed E-state index contributed by atoms with van der Waals surface area (Å²) in [6, 6.07) is 4.06. The maximum absolute atomic E-state index is 5.63. The van der Waals surface area contributed by atoms with Crippen molar-refractivity contribution in [2.75, 3.05) is 52.0 Å². The zero-order valence-corrected chi connectivity index (χ0v) is 11.6. The average molecular weight is 266 g/mol. The molecule has 1 aliphatic rings. The largest absolute Gasteiger partial charge is 0.496 e. The van der Waals surface area contributed by atoms with Gasteiger partial charge in [-0.25, -0.2) is 0 Å². The summed E-state index contributed by atoms with van der Waals surface area (Å²) in [5.41, 5.74) is 7.77. The number of ether oxygens (including phenoxy) is 3. The summed E-state index contributed by atoms with van der Waals surface area (Å²) in [4.78, 5) is 2.26. The fourth-order valence-corrected chi connectivity index (χ4v) is 2.35. The summed E-state index contributed by atoms with van der Waals surface area (Å²) >= 11 is 0. The lowest BCUT2D eigenvalue weighted by atomic mass is 10.1. The summed E-state index contributed by atoms with van der Waals surface area (Å²) in [5.74, 6) is 1.74. The number of methoxy groups -OCH3 is 2. The lowest BCUT2D eigenvalue weighted by molar-refractivity contribution is 0.122. The van der Waals surface area contributed by atoms with Gasteiger partial charge in [0.05, 0.1) is 33.1 Å². The minimum Gasteiger partial charge on any atom is -0.496 e. The number of anilines is 1. The first-order chi connectivity index (χ1) is 9.30. The highest BCUT2D eigenvalue weighted by Crippen LogP contribution is 2.36. The van der Waals surface area contributed by atoms with Crippen molar-refractivity contribution in [3.8, 4) is 11.5 Å². The number of nitrogens with zero attached hydrogens (tertiary/aromatic N) is 1. The van der Waals surface area contributed by atoms with Crippen LogP contribution in [0.4, 0.5) is 5.69 Å². The highest BCUT2D eigenvalue weighted by molar-refractivity contribution is 5.64. The third-order valence-corrected chi connectivity index (χ3v) is 3.35. The monoisotopic (exact) mass is 266 g/mol. The fraction of sp³-hybridized carbons (Fsp3) is 0.571. The van der Waals surface area contributed by atoms with E-state index in [1.807, 2.05) is 12.1 Å². The van der Waals surface area contributed by atoms with Gasteiger partial charge >= 0.3 is 0 Å². The number of morpholine rings is 1. The van der Waals surface area contributed by atoms with Gasteiger partial charge in [-0.3, -0.25) is 0 Å². The molecule has 1 fully saturated rings. The molecular formula is C14H22N2O3. The van der Waals surface area contributed by atoms with Crippen LogP contribution in [-0.2, 0) is 11.2 Å². The standard InChI is InChI=1S/C14H22N2O3/c1-17-13-10-12(16-5-7-19-8-6-16)14(18-2)9-11(13)3-4-15/h9-10H,3-8,15H2,1-2H3. The molecular weight excluding hydrogens is 244 g/mol. The lowest BCUT2D eigenvalue weighted by Crippen LogP contribution is -2.36. The Balaban J connectivity index is 2.35. The summed E-state index contributed by atoms with van der Waals surface area (Å²) < 4.78 is 16.3. The smallest absolute Gasteiger partial charge is 0.142 e. The summed E-state index contributed by atoms with van der Waals surface area (Å²) in [5, 5.41) is 0. The van der Waals surface area contributed by atoms with Crippen LogP contribution in [0.15, 0.2) is 12.1 Å². The number of rotatable bonds is 5. The molecule has 1 saturated heterocycles. The second-order valence-corrected chi connectivity index (χ2v) is 4.47. The Hall–Kier alpha value is -1.46. The van der Waals surface area contributed by atoms with E-state index >= 15 is 0 Å². The van der Waals surface area contributed by atoms with E-state index in [-0.39, 0.29) is 0 Å². The molecule has 0 aromatic heterocycles. The average Bonchev–Trinajstić information content (AvgIpc) is 2.48. The third-order valence-electron chi connectivity index (χ3n) is 3.35. The number of nitrogens with two attached hydrogens (primary N) is 1. The van der Waals surface area contributed by atoms with Crippen LogP contribution in [0, 0.1) is 0 Å². The van der Waals surface area contributed by atoms with Crippen LogP contribution in [0.3, 0.4) is 0 Å². The Kier molecular flexibility index (Phi) is 4.87. The van der Waals surface area contributed by atoms with Crippen molar-refractivity contribution in [2.24, 2.45) is 5.73 Å². The minimum absolute atomic E-state index is 0.594. The Morgan fingerprint density at radius 1 is 1.16 bits per heavy atom. The summed E-state index contributed by atoms with van der Waals surface area (Å²) in [7, 11) is 3.38. The summed E-state index contributed by atoms with van der Waals surface area (Å²) in [6.45, 7) is 3.83. The van der Waals surface area contributed by atoms with Crippen LogP contribution in [0.25, 0.3) is 0 Å². The zero-order valence-electron chi connectivity index (χ0n) is 11.6. The van der Waals surface area contributed by atoms with E-state index in [4.69, 9.17) is 19.9 Å². The molecule has 19 heavy (non-hydrogen) atoms. The molecule has 1 aromatic rings. The Bertz CT molecular complexity index is 417. The third kappa shape index (κ3) is 3.11. The van der Waals surface area contributed by atoms with E-state index in [9.17, 15) is 0 Å². The summed E-state index contributed by atoms with van der Waals surface area (Å²) in [6.07, 6.45) is 0.781. The molecule has 2 rings (SSSR count). The van der Waals surface area contributed by atoms with Gasteiger partial charge < -0.3 is 24.8 Å². The van der Waals surface area contributed by atoms with E-state index in [1.54, 1.807) is 14.2 Å². The maximum Gasteiger partial charge on any atom is 0.142 e. The molecule has 5 nitrogen and oxygen atoms in total. The van der Waals surface area contributed by atoms with Gasteiger partial charge in [-0.1, -0.05) is 0 Å². The van der Waals surface area contributed by atoms with Crippen LogP contribution in [0.5, 0.6) is 11.5 Å². The van der Waals surface area contributed by atoms with Gasteiger partial charge in [-0.05, 0) is 24.6 Å². The highest BCUT2D eigenvalue weighted by Gasteiger charge is 2.18. The zero-order chi connectivity index (χ0) is 13.7. The van der Waals surface area contributed by atoms with Crippen molar-refractivity contribution in [3.05, 3.63) is 17.7 Å². The number of benzene rings is 1. The van der Waals surface area contributed by atoms with Gasteiger partial charge in [0.2, 0.25) is 0 Å². The molecule has 0 bridgehead atoms. The van der Waals surface area contributed by atoms with Crippen LogP contribution in [0.2, 0.25) is 0 Å². The minimum atomic E-state index is 0.594. The van der Waals surface area contributed by atoms with Crippen LogP contribution < -0.4 is 20.1 Å². The van der Waals surface area contributed by atoms with E-state index in [2.05, 4.69) is 4.90 Å². The topological polar surface area (TPSA) is 57.0 Å². The van der Waals surface area contributed by atoms with E-state index in [0.29, 0.717) is 6.54 Å². The van der Waals surface area contributed by atoms with Crippen LogP contribution >= 0.6 is 0 Å². The van der Waals surface area contributed by atoms with Crippen LogP contribution in [-0.4, -0.2) is 47.1 Å². The van der Waals surface area contributed by atoms with Gasteiger partial charge in [0.15, 0.2) is 0 Å². The van der Waals surface area contributed by atoms with Gasteiger partial charge in [0, 0.05) is 19.2 Å².